The normalized spacial score (nSPS) is 19.7. The van der Waals surface area contributed by atoms with Gasteiger partial charge in [-0.25, -0.2) is 0 Å². The molecule has 1 heteroatoms. The van der Waals surface area contributed by atoms with E-state index >= 15 is 0 Å². The molecule has 1 saturated heterocycles. The van der Waals surface area contributed by atoms with Gasteiger partial charge in [-0.1, -0.05) is 103 Å². The summed E-state index contributed by atoms with van der Waals surface area (Å²) in [5, 5.41) is 0. The van der Waals surface area contributed by atoms with Gasteiger partial charge in [-0.05, 0) is 31.8 Å². The Bertz CT molecular complexity index is 459. The van der Waals surface area contributed by atoms with Crippen LogP contribution in [0.1, 0.15) is 91.4 Å². The summed E-state index contributed by atoms with van der Waals surface area (Å²) >= 11 is 0. The summed E-state index contributed by atoms with van der Waals surface area (Å²) in [7, 11) is 0. The van der Waals surface area contributed by atoms with Crippen molar-refractivity contribution in [1.29, 1.82) is 0 Å². The fraction of sp³-hybridized carbons (Fsp3) is 0.680. The Balaban J connectivity index is 0.000000412. The molecule has 148 valence electrons. The van der Waals surface area contributed by atoms with Crippen LogP contribution in [0.4, 0.5) is 0 Å². The van der Waals surface area contributed by atoms with E-state index in [1.807, 2.05) is 13.0 Å². The lowest BCUT2D eigenvalue weighted by Crippen LogP contribution is -2.27. The third-order valence-electron chi connectivity index (χ3n) is 6.01. The van der Waals surface area contributed by atoms with Crippen molar-refractivity contribution in [3.8, 4) is 0 Å². The fourth-order valence-electron chi connectivity index (χ4n) is 4.21. The van der Waals surface area contributed by atoms with Crippen LogP contribution in [0, 0.1) is 5.41 Å². The molecule has 26 heavy (non-hydrogen) atoms. The van der Waals surface area contributed by atoms with Crippen molar-refractivity contribution in [3.05, 3.63) is 48.7 Å². The minimum absolute atomic E-state index is 0.436. The minimum Gasteiger partial charge on any atom is -0.370 e. The maximum absolute atomic E-state index is 4.43. The molecule has 2 rings (SSSR count). The molecule has 1 saturated carbocycles. The monoisotopic (exact) mass is 357 g/mol. The van der Waals surface area contributed by atoms with E-state index in [1.54, 1.807) is 0 Å². The topological polar surface area (TPSA) is 3.24 Å². The SMILES string of the molecule is C=C/C(=C\C=C/C)CN1CCC2(CCCCC2)C1=C.CCCCCCC. The first kappa shape index (κ1) is 22.8. The zero-order chi connectivity index (χ0) is 19.3. The van der Waals surface area contributed by atoms with Crippen molar-refractivity contribution in [2.75, 3.05) is 13.1 Å². The van der Waals surface area contributed by atoms with E-state index in [0.717, 1.165) is 6.54 Å². The molecule has 0 atom stereocenters. The lowest BCUT2D eigenvalue weighted by Gasteiger charge is -2.35. The van der Waals surface area contributed by atoms with Crippen LogP contribution in [-0.4, -0.2) is 18.0 Å². The second kappa shape index (κ2) is 13.0. The lowest BCUT2D eigenvalue weighted by molar-refractivity contribution is 0.242. The van der Waals surface area contributed by atoms with Crippen molar-refractivity contribution in [2.24, 2.45) is 5.41 Å². The molecule has 0 aromatic heterocycles. The minimum atomic E-state index is 0.436. The van der Waals surface area contributed by atoms with E-state index in [1.165, 1.54) is 88.4 Å². The van der Waals surface area contributed by atoms with E-state index in [2.05, 4.69) is 50.1 Å². The molecule has 1 aliphatic heterocycles. The molecule has 0 radical (unpaired) electrons. The summed E-state index contributed by atoms with van der Waals surface area (Å²) in [6.07, 6.45) is 23.5. The van der Waals surface area contributed by atoms with E-state index in [9.17, 15) is 0 Å². The Morgan fingerprint density at radius 1 is 1.04 bits per heavy atom. The number of hydrogen-bond acceptors (Lipinski definition) is 1. The van der Waals surface area contributed by atoms with Gasteiger partial charge in [0.2, 0.25) is 0 Å². The van der Waals surface area contributed by atoms with Crippen molar-refractivity contribution in [2.45, 2.75) is 91.4 Å². The first-order valence-electron chi connectivity index (χ1n) is 11.0. The van der Waals surface area contributed by atoms with Crippen LogP contribution in [0.5, 0.6) is 0 Å². The van der Waals surface area contributed by atoms with Crippen molar-refractivity contribution in [1.82, 2.24) is 4.90 Å². The van der Waals surface area contributed by atoms with Gasteiger partial charge < -0.3 is 4.90 Å². The Hall–Kier alpha value is -1.24. The van der Waals surface area contributed by atoms with Gasteiger partial charge >= 0.3 is 0 Å². The number of rotatable bonds is 8. The van der Waals surface area contributed by atoms with Gasteiger partial charge in [0.05, 0.1) is 0 Å². The van der Waals surface area contributed by atoms with E-state index in [4.69, 9.17) is 0 Å². The summed E-state index contributed by atoms with van der Waals surface area (Å²) in [6, 6.07) is 0. The van der Waals surface area contributed by atoms with E-state index in [-0.39, 0.29) is 0 Å². The fourth-order valence-corrected chi connectivity index (χ4v) is 4.21. The van der Waals surface area contributed by atoms with Gasteiger partial charge in [-0.3, -0.25) is 0 Å². The van der Waals surface area contributed by atoms with Gasteiger partial charge in [-0.2, -0.15) is 0 Å². The molecule has 2 aliphatic rings. The van der Waals surface area contributed by atoms with Crippen molar-refractivity contribution < 1.29 is 0 Å². The van der Waals surface area contributed by atoms with Gasteiger partial charge in [-0.15, -0.1) is 0 Å². The van der Waals surface area contributed by atoms with Crippen molar-refractivity contribution >= 4 is 0 Å². The second-order valence-corrected chi connectivity index (χ2v) is 7.99. The molecule has 0 aromatic rings. The first-order chi connectivity index (χ1) is 12.6. The Kier molecular flexibility index (Phi) is 11.4. The Morgan fingerprint density at radius 2 is 1.69 bits per heavy atom. The average Bonchev–Trinajstić information content (AvgIpc) is 2.96. The summed E-state index contributed by atoms with van der Waals surface area (Å²) in [5.41, 5.74) is 3.11. The summed E-state index contributed by atoms with van der Waals surface area (Å²) < 4.78 is 0. The molecule has 0 bridgehead atoms. The highest BCUT2D eigenvalue weighted by Crippen LogP contribution is 2.49. The number of likely N-dealkylation sites (tertiary alicyclic amines) is 1. The number of allylic oxidation sites excluding steroid dienone is 4. The molecular formula is C25H43N. The van der Waals surface area contributed by atoms with Gasteiger partial charge in [0, 0.05) is 24.2 Å². The third-order valence-corrected chi connectivity index (χ3v) is 6.01. The van der Waals surface area contributed by atoms with Gasteiger partial charge in [0.1, 0.15) is 0 Å². The van der Waals surface area contributed by atoms with Gasteiger partial charge in [0.15, 0.2) is 0 Å². The highest BCUT2D eigenvalue weighted by Gasteiger charge is 2.41. The molecule has 1 heterocycles. The molecule has 0 aromatic carbocycles. The van der Waals surface area contributed by atoms with Crippen molar-refractivity contribution in [3.63, 3.8) is 0 Å². The molecule has 1 aliphatic carbocycles. The van der Waals surface area contributed by atoms with E-state index in [0.29, 0.717) is 5.41 Å². The van der Waals surface area contributed by atoms with Crippen LogP contribution in [-0.2, 0) is 0 Å². The molecule has 1 nitrogen and oxygen atoms in total. The van der Waals surface area contributed by atoms with E-state index < -0.39 is 0 Å². The molecular weight excluding hydrogens is 314 g/mol. The summed E-state index contributed by atoms with van der Waals surface area (Å²) in [6.45, 7) is 17.0. The highest BCUT2D eigenvalue weighted by molar-refractivity contribution is 5.27. The lowest BCUT2D eigenvalue weighted by atomic mass is 9.72. The number of hydrogen-bond donors (Lipinski definition) is 0. The first-order valence-corrected chi connectivity index (χ1v) is 11.0. The average molecular weight is 358 g/mol. The predicted octanol–water partition coefficient (Wildman–Crippen LogP) is 7.82. The van der Waals surface area contributed by atoms with Crippen LogP contribution >= 0.6 is 0 Å². The largest absolute Gasteiger partial charge is 0.370 e. The smallest absolute Gasteiger partial charge is 0.0426 e. The van der Waals surface area contributed by atoms with Crippen LogP contribution < -0.4 is 0 Å². The van der Waals surface area contributed by atoms with Crippen LogP contribution in [0.15, 0.2) is 48.7 Å². The predicted molar refractivity (Wildman–Crippen MR) is 118 cm³/mol. The summed E-state index contributed by atoms with van der Waals surface area (Å²) in [4.78, 5) is 2.47. The number of nitrogens with zero attached hydrogens (tertiary/aromatic N) is 1. The zero-order valence-electron chi connectivity index (χ0n) is 17.9. The van der Waals surface area contributed by atoms with Crippen LogP contribution in [0.2, 0.25) is 0 Å². The standard InChI is InChI=1S/C18H27N.C7H16/c1-4-6-10-17(5-2)15-19-14-13-18(16(19)3)11-8-7-9-12-18;1-3-5-7-6-4-2/h4-6,10H,2-3,7-9,11-15H2,1H3;3-7H2,1-2H3/b6-4-,17-10+;. The van der Waals surface area contributed by atoms with Crippen LogP contribution in [0.3, 0.4) is 0 Å². The molecule has 0 amide bonds. The third kappa shape index (κ3) is 7.17. The maximum Gasteiger partial charge on any atom is 0.0426 e. The molecule has 2 fully saturated rings. The second-order valence-electron chi connectivity index (χ2n) is 7.99. The highest BCUT2D eigenvalue weighted by atomic mass is 15.2. The molecule has 0 N–H and O–H groups in total. The summed E-state index contributed by atoms with van der Waals surface area (Å²) in [5.74, 6) is 0. The molecule has 0 unspecified atom stereocenters. The maximum atomic E-state index is 4.43. The Morgan fingerprint density at radius 3 is 2.23 bits per heavy atom. The Labute approximate surface area is 163 Å². The zero-order valence-corrected chi connectivity index (χ0v) is 17.9. The van der Waals surface area contributed by atoms with Crippen LogP contribution in [0.25, 0.3) is 0 Å². The quantitative estimate of drug-likeness (QED) is 0.316. The molecule has 1 spiro atoms. The van der Waals surface area contributed by atoms with Gasteiger partial charge in [0.25, 0.3) is 0 Å². The number of unbranched alkanes of at least 4 members (excludes halogenated alkanes) is 4.